The summed E-state index contributed by atoms with van der Waals surface area (Å²) in [6.45, 7) is 4.83. The number of piperidine rings is 1. The second-order valence-electron chi connectivity index (χ2n) is 10.9. The van der Waals surface area contributed by atoms with E-state index in [0.717, 1.165) is 64.5 Å². The number of nitrogens with zero attached hydrogens (tertiary/aromatic N) is 1. The Morgan fingerprint density at radius 2 is 1.97 bits per heavy atom. The molecule has 38 heavy (non-hydrogen) atoms. The Morgan fingerprint density at radius 3 is 2.79 bits per heavy atom. The summed E-state index contributed by atoms with van der Waals surface area (Å²) < 4.78 is 17.1. The Labute approximate surface area is 221 Å². The number of methoxy groups -OCH3 is 1. The number of amides is 1. The van der Waals surface area contributed by atoms with Crippen LogP contribution in [-0.2, 0) is 11.2 Å². The smallest absolute Gasteiger partial charge is 0.340 e. The normalized spacial score (nSPS) is 21.6. The number of carbonyl (C=O) groups excluding carboxylic acids is 1. The maximum atomic E-state index is 13.4. The van der Waals surface area contributed by atoms with Crippen molar-refractivity contribution in [2.75, 3.05) is 20.2 Å². The van der Waals surface area contributed by atoms with Crippen LogP contribution >= 0.6 is 0 Å². The van der Waals surface area contributed by atoms with Crippen LogP contribution in [-0.4, -0.2) is 41.7 Å². The monoisotopic (exact) mass is 515 g/mol. The molecule has 2 fully saturated rings. The number of hydrogen-bond acceptors (Lipinski definition) is 6. The van der Waals surface area contributed by atoms with Crippen molar-refractivity contribution in [2.45, 2.75) is 58.0 Å². The van der Waals surface area contributed by atoms with Gasteiger partial charge in [-0.3, -0.25) is 4.79 Å². The highest BCUT2D eigenvalue weighted by Crippen LogP contribution is 2.40. The summed E-state index contributed by atoms with van der Waals surface area (Å²) in [4.78, 5) is 28.3. The van der Waals surface area contributed by atoms with Crippen molar-refractivity contribution in [2.24, 2.45) is 5.92 Å². The number of likely N-dealkylation sites (tertiary alicyclic amines) is 1. The zero-order valence-corrected chi connectivity index (χ0v) is 22.1. The molecule has 1 saturated carbocycles. The highest BCUT2D eigenvalue weighted by Gasteiger charge is 2.43. The van der Waals surface area contributed by atoms with Gasteiger partial charge in [0.1, 0.15) is 16.9 Å². The van der Waals surface area contributed by atoms with Gasteiger partial charge in [-0.2, -0.15) is 0 Å². The van der Waals surface area contributed by atoms with Crippen molar-refractivity contribution in [3.05, 3.63) is 63.7 Å². The van der Waals surface area contributed by atoms with Crippen LogP contribution in [0.4, 0.5) is 0 Å². The van der Waals surface area contributed by atoms with Crippen LogP contribution in [0, 0.1) is 19.8 Å². The van der Waals surface area contributed by atoms with E-state index in [1.165, 1.54) is 0 Å². The number of benzene rings is 2. The molecule has 2 atom stereocenters. The molecule has 1 amide bonds. The summed E-state index contributed by atoms with van der Waals surface area (Å²) in [5.41, 5.74) is 3.76. The van der Waals surface area contributed by atoms with Gasteiger partial charge in [0.15, 0.2) is 0 Å². The minimum atomic E-state index is -0.652. The summed E-state index contributed by atoms with van der Waals surface area (Å²) >= 11 is 0. The lowest BCUT2D eigenvalue weighted by Crippen LogP contribution is -2.55. The van der Waals surface area contributed by atoms with E-state index in [1.807, 2.05) is 49.1 Å². The van der Waals surface area contributed by atoms with Crippen LogP contribution < -0.4 is 10.4 Å². The molecule has 1 N–H and O–H groups in total. The molecular weight excluding hydrogens is 482 g/mol. The van der Waals surface area contributed by atoms with E-state index >= 15 is 0 Å². The zero-order valence-electron chi connectivity index (χ0n) is 22.1. The van der Waals surface area contributed by atoms with Crippen LogP contribution in [0.5, 0.6) is 5.75 Å². The zero-order chi connectivity index (χ0) is 26.6. The van der Waals surface area contributed by atoms with Crippen LogP contribution in [0.2, 0.25) is 0 Å². The maximum absolute atomic E-state index is 13.4. The second kappa shape index (κ2) is 9.31. The average molecular weight is 516 g/mol. The quantitative estimate of drug-likeness (QED) is 0.360. The van der Waals surface area contributed by atoms with E-state index in [9.17, 15) is 14.7 Å². The first-order valence-corrected chi connectivity index (χ1v) is 13.4. The van der Waals surface area contributed by atoms with E-state index in [-0.39, 0.29) is 18.2 Å². The Morgan fingerprint density at radius 1 is 1.13 bits per heavy atom. The lowest BCUT2D eigenvalue weighted by molar-refractivity contribution is -0.142. The molecule has 4 aromatic rings. The summed E-state index contributed by atoms with van der Waals surface area (Å²) in [5, 5.41) is 12.7. The van der Waals surface area contributed by atoms with Crippen molar-refractivity contribution in [1.82, 2.24) is 4.90 Å². The molecule has 1 aliphatic carbocycles. The van der Waals surface area contributed by atoms with E-state index in [2.05, 4.69) is 0 Å². The molecule has 0 spiro atoms. The molecule has 0 radical (unpaired) electrons. The Balaban J connectivity index is 1.37. The Kier molecular flexibility index (Phi) is 6.06. The van der Waals surface area contributed by atoms with Crippen LogP contribution in [0.15, 0.2) is 50.2 Å². The highest BCUT2D eigenvalue weighted by atomic mass is 16.5. The first-order valence-electron chi connectivity index (χ1n) is 13.4. The summed E-state index contributed by atoms with van der Waals surface area (Å²) in [5.74, 6) is 0.766. The lowest BCUT2D eigenvalue weighted by atomic mass is 9.71. The average Bonchev–Trinajstić information content (AvgIpc) is 3.35. The standard InChI is InChI=1S/C31H33NO6/c1-18-23-14-25-26(20-7-6-9-22(13-20)36-3)17-37-28(25)19(2)29(23)38-30(34)24(18)15-27(33)32-12-11-31(35)10-5-4-8-21(31)16-32/h6-7,9,13-14,17,21,35H,4-5,8,10-12,15-16H2,1-3H3/t21?,31-/m1/s1. The van der Waals surface area contributed by atoms with Gasteiger partial charge in [0, 0.05) is 40.9 Å². The van der Waals surface area contributed by atoms with Gasteiger partial charge in [0.25, 0.3) is 0 Å². The number of ether oxygens (including phenoxy) is 1. The Hall–Kier alpha value is -3.58. The fourth-order valence-electron chi connectivity index (χ4n) is 6.48. The molecule has 7 heteroatoms. The minimum Gasteiger partial charge on any atom is -0.497 e. The molecule has 2 aliphatic rings. The van der Waals surface area contributed by atoms with Crippen LogP contribution in [0.1, 0.15) is 48.8 Å². The number of hydrogen-bond donors (Lipinski definition) is 1. The van der Waals surface area contributed by atoms with E-state index in [1.54, 1.807) is 13.4 Å². The van der Waals surface area contributed by atoms with Crippen molar-refractivity contribution < 1.29 is 23.5 Å². The van der Waals surface area contributed by atoms with Gasteiger partial charge in [-0.25, -0.2) is 4.79 Å². The maximum Gasteiger partial charge on any atom is 0.340 e. The lowest BCUT2D eigenvalue weighted by Gasteiger charge is -2.47. The number of rotatable bonds is 4. The van der Waals surface area contributed by atoms with Gasteiger partial charge in [0.05, 0.1) is 31.0 Å². The second-order valence-corrected chi connectivity index (χ2v) is 10.9. The third kappa shape index (κ3) is 4.00. The first kappa shape index (κ1) is 24.7. The largest absolute Gasteiger partial charge is 0.497 e. The fraction of sp³-hybridized carbons (Fsp3) is 0.419. The summed E-state index contributed by atoms with van der Waals surface area (Å²) in [6, 6.07) is 9.78. The molecule has 3 heterocycles. The third-order valence-electron chi connectivity index (χ3n) is 8.83. The molecule has 1 aliphatic heterocycles. The van der Waals surface area contributed by atoms with Crippen molar-refractivity contribution in [1.29, 1.82) is 0 Å². The van der Waals surface area contributed by atoms with Crippen molar-refractivity contribution in [3.63, 3.8) is 0 Å². The van der Waals surface area contributed by atoms with Gasteiger partial charge >= 0.3 is 5.63 Å². The molecule has 198 valence electrons. The number of aliphatic hydroxyl groups is 1. The SMILES string of the molecule is COc1cccc(-c2coc3c(C)c4oc(=O)c(CC(=O)N5CC[C@]6(O)CCCCC6C5)c(C)c4cc23)c1. The van der Waals surface area contributed by atoms with Gasteiger partial charge in [-0.15, -0.1) is 0 Å². The number of furan rings is 1. The molecule has 0 bridgehead atoms. The topological polar surface area (TPSA) is 93.1 Å². The molecule has 7 nitrogen and oxygen atoms in total. The molecule has 6 rings (SSSR count). The molecule has 1 saturated heterocycles. The van der Waals surface area contributed by atoms with Crippen LogP contribution in [0.3, 0.4) is 0 Å². The number of carbonyl (C=O) groups is 1. The predicted octanol–water partition coefficient (Wildman–Crippen LogP) is 5.53. The molecular formula is C31H33NO6. The number of aryl methyl sites for hydroxylation is 2. The van der Waals surface area contributed by atoms with Gasteiger partial charge in [-0.1, -0.05) is 25.0 Å². The van der Waals surface area contributed by atoms with Gasteiger partial charge in [-0.05, 0) is 62.4 Å². The van der Waals surface area contributed by atoms with Gasteiger partial charge in [0.2, 0.25) is 5.91 Å². The predicted molar refractivity (Wildman–Crippen MR) is 146 cm³/mol. The van der Waals surface area contributed by atoms with E-state index in [0.29, 0.717) is 36.2 Å². The summed E-state index contributed by atoms with van der Waals surface area (Å²) in [7, 11) is 1.64. The number of fused-ring (bicyclic) bond motifs is 3. The highest BCUT2D eigenvalue weighted by molar-refractivity contribution is 6.05. The van der Waals surface area contributed by atoms with Crippen LogP contribution in [0.25, 0.3) is 33.1 Å². The van der Waals surface area contributed by atoms with E-state index < -0.39 is 11.2 Å². The molecule has 1 unspecified atom stereocenters. The first-order chi connectivity index (χ1) is 18.3. The molecule has 2 aromatic carbocycles. The minimum absolute atomic E-state index is 0.0134. The third-order valence-corrected chi connectivity index (χ3v) is 8.83. The van der Waals surface area contributed by atoms with E-state index in [4.69, 9.17) is 13.6 Å². The summed E-state index contributed by atoms with van der Waals surface area (Å²) in [6.07, 6.45) is 6.18. The fourth-order valence-corrected chi connectivity index (χ4v) is 6.48. The van der Waals surface area contributed by atoms with Crippen molar-refractivity contribution >= 4 is 27.8 Å². The van der Waals surface area contributed by atoms with Gasteiger partial charge < -0.3 is 23.6 Å². The van der Waals surface area contributed by atoms with Crippen molar-refractivity contribution in [3.8, 4) is 16.9 Å². The molecule has 2 aromatic heterocycles. The Bertz CT molecular complexity index is 1610.